The third-order valence-electron chi connectivity index (χ3n) is 5.13. The van der Waals surface area contributed by atoms with Crippen molar-refractivity contribution in [2.75, 3.05) is 21.3 Å². The van der Waals surface area contributed by atoms with Gasteiger partial charge in [0.1, 0.15) is 17.2 Å². The van der Waals surface area contributed by atoms with Gasteiger partial charge in [0.05, 0.1) is 27.4 Å². The average molecular weight is 371 g/mol. The SMILES string of the molecule is COc1cc(OC)cc(-c2cc3c(cc2OC)C(NC(=O)O)C(C)(C)C3)c1. The van der Waals surface area contributed by atoms with E-state index in [4.69, 9.17) is 14.2 Å². The molecule has 144 valence electrons. The van der Waals surface area contributed by atoms with Crippen molar-refractivity contribution >= 4 is 6.09 Å². The third kappa shape index (κ3) is 3.52. The van der Waals surface area contributed by atoms with Gasteiger partial charge in [0, 0.05) is 11.6 Å². The number of benzene rings is 2. The lowest BCUT2D eigenvalue weighted by Gasteiger charge is -2.27. The van der Waals surface area contributed by atoms with Crippen molar-refractivity contribution in [1.29, 1.82) is 0 Å². The van der Waals surface area contributed by atoms with E-state index < -0.39 is 6.09 Å². The van der Waals surface area contributed by atoms with Gasteiger partial charge >= 0.3 is 6.09 Å². The number of ether oxygens (including phenoxy) is 3. The van der Waals surface area contributed by atoms with Crippen molar-refractivity contribution in [3.63, 3.8) is 0 Å². The first kappa shape index (κ1) is 18.9. The van der Waals surface area contributed by atoms with Crippen LogP contribution in [0.5, 0.6) is 17.2 Å². The quantitative estimate of drug-likeness (QED) is 0.821. The molecule has 1 atom stereocenters. The highest BCUT2D eigenvalue weighted by Crippen LogP contribution is 2.49. The van der Waals surface area contributed by atoms with Crippen molar-refractivity contribution in [1.82, 2.24) is 5.32 Å². The molecule has 0 spiro atoms. The molecular formula is C21H25NO5. The van der Waals surface area contributed by atoms with Gasteiger partial charge in [-0.05, 0) is 52.8 Å². The van der Waals surface area contributed by atoms with Crippen molar-refractivity contribution in [2.24, 2.45) is 5.41 Å². The minimum absolute atomic E-state index is 0.226. The molecule has 0 aliphatic heterocycles. The molecule has 0 saturated heterocycles. The fourth-order valence-corrected chi connectivity index (χ4v) is 3.83. The van der Waals surface area contributed by atoms with E-state index in [0.717, 1.165) is 28.7 Å². The summed E-state index contributed by atoms with van der Waals surface area (Å²) in [5, 5.41) is 11.9. The monoisotopic (exact) mass is 371 g/mol. The Kier molecular flexibility index (Phi) is 4.91. The molecule has 1 aliphatic rings. The first-order chi connectivity index (χ1) is 12.8. The molecule has 3 rings (SSSR count). The Bertz CT molecular complexity index is 853. The zero-order chi connectivity index (χ0) is 19.8. The summed E-state index contributed by atoms with van der Waals surface area (Å²) in [4.78, 5) is 11.3. The number of hydrogen-bond acceptors (Lipinski definition) is 4. The van der Waals surface area contributed by atoms with Gasteiger partial charge in [-0.2, -0.15) is 0 Å². The van der Waals surface area contributed by atoms with Gasteiger partial charge in [0.2, 0.25) is 0 Å². The first-order valence-corrected chi connectivity index (χ1v) is 8.72. The summed E-state index contributed by atoms with van der Waals surface area (Å²) in [7, 11) is 4.84. The van der Waals surface area contributed by atoms with E-state index >= 15 is 0 Å². The molecule has 2 aromatic rings. The maximum atomic E-state index is 11.3. The smallest absolute Gasteiger partial charge is 0.405 e. The summed E-state index contributed by atoms with van der Waals surface area (Å²) in [5.74, 6) is 2.06. The van der Waals surface area contributed by atoms with Crippen LogP contribution in [0.25, 0.3) is 11.1 Å². The third-order valence-corrected chi connectivity index (χ3v) is 5.13. The topological polar surface area (TPSA) is 77.0 Å². The Morgan fingerprint density at radius 3 is 2.19 bits per heavy atom. The van der Waals surface area contributed by atoms with Gasteiger partial charge < -0.3 is 24.6 Å². The molecule has 0 aromatic heterocycles. The molecule has 0 bridgehead atoms. The Labute approximate surface area is 159 Å². The zero-order valence-corrected chi connectivity index (χ0v) is 16.3. The van der Waals surface area contributed by atoms with Crippen LogP contribution in [0.15, 0.2) is 30.3 Å². The van der Waals surface area contributed by atoms with Gasteiger partial charge in [0.15, 0.2) is 0 Å². The standard InChI is InChI=1S/C21H25NO5/c1-21(2)11-13-8-16(12-6-14(25-3)9-15(7-12)26-4)18(27-5)10-17(13)19(21)22-20(23)24/h6-10,19,22H,11H2,1-5H3,(H,23,24). The highest BCUT2D eigenvalue weighted by molar-refractivity contribution is 5.75. The molecule has 6 heteroatoms. The molecule has 1 amide bonds. The number of fused-ring (bicyclic) bond motifs is 1. The van der Waals surface area contributed by atoms with E-state index in [2.05, 4.69) is 25.2 Å². The fourth-order valence-electron chi connectivity index (χ4n) is 3.83. The summed E-state index contributed by atoms with van der Waals surface area (Å²) in [5.41, 5.74) is 3.67. The van der Waals surface area contributed by atoms with E-state index in [9.17, 15) is 9.90 Å². The molecular weight excluding hydrogens is 346 g/mol. The van der Waals surface area contributed by atoms with Crippen LogP contribution in [0.2, 0.25) is 0 Å². The van der Waals surface area contributed by atoms with Gasteiger partial charge in [-0.3, -0.25) is 0 Å². The summed E-state index contributed by atoms with van der Waals surface area (Å²) in [6.07, 6.45) is -0.257. The minimum atomic E-state index is -1.03. The van der Waals surface area contributed by atoms with Crippen LogP contribution in [0.1, 0.15) is 31.0 Å². The maximum Gasteiger partial charge on any atom is 0.405 e. The van der Waals surface area contributed by atoms with Gasteiger partial charge in [-0.25, -0.2) is 4.79 Å². The molecule has 2 aromatic carbocycles. The lowest BCUT2D eigenvalue weighted by atomic mass is 9.85. The number of methoxy groups -OCH3 is 3. The fraction of sp³-hybridized carbons (Fsp3) is 0.381. The molecule has 0 fully saturated rings. The number of nitrogens with one attached hydrogen (secondary N) is 1. The highest BCUT2D eigenvalue weighted by Gasteiger charge is 2.40. The number of carboxylic acid groups (broad SMARTS) is 1. The molecule has 27 heavy (non-hydrogen) atoms. The van der Waals surface area contributed by atoms with Crippen LogP contribution in [0, 0.1) is 5.41 Å². The predicted octanol–water partition coefficient (Wildman–Crippen LogP) is 4.27. The Morgan fingerprint density at radius 1 is 1.04 bits per heavy atom. The summed E-state index contributed by atoms with van der Waals surface area (Å²) in [6.45, 7) is 4.13. The van der Waals surface area contributed by atoms with Crippen molar-refractivity contribution < 1.29 is 24.1 Å². The van der Waals surface area contributed by atoms with Crippen LogP contribution in [-0.4, -0.2) is 32.5 Å². The summed E-state index contributed by atoms with van der Waals surface area (Å²) < 4.78 is 16.4. The highest BCUT2D eigenvalue weighted by atomic mass is 16.5. The van der Waals surface area contributed by atoms with Gasteiger partial charge in [0.25, 0.3) is 0 Å². The summed E-state index contributed by atoms with van der Waals surface area (Å²) >= 11 is 0. The molecule has 2 N–H and O–H groups in total. The normalized spacial score (nSPS) is 17.1. The maximum absolute atomic E-state index is 11.3. The van der Waals surface area contributed by atoms with Gasteiger partial charge in [-0.15, -0.1) is 0 Å². The molecule has 0 radical (unpaired) electrons. The van der Waals surface area contributed by atoms with E-state index in [-0.39, 0.29) is 11.5 Å². The number of carbonyl (C=O) groups is 1. The van der Waals surface area contributed by atoms with E-state index in [1.165, 1.54) is 0 Å². The Hall–Kier alpha value is -2.89. The van der Waals surface area contributed by atoms with Crippen LogP contribution in [0.3, 0.4) is 0 Å². The molecule has 1 unspecified atom stereocenters. The second-order valence-corrected chi connectivity index (χ2v) is 7.40. The second kappa shape index (κ2) is 7.02. The lowest BCUT2D eigenvalue weighted by molar-refractivity contribution is 0.175. The van der Waals surface area contributed by atoms with Crippen LogP contribution >= 0.6 is 0 Å². The summed E-state index contributed by atoms with van der Waals surface area (Å²) in [6, 6.07) is 9.41. The number of hydrogen-bond donors (Lipinski definition) is 2. The van der Waals surface area contributed by atoms with Crippen LogP contribution < -0.4 is 19.5 Å². The predicted molar refractivity (Wildman–Crippen MR) is 103 cm³/mol. The largest absolute Gasteiger partial charge is 0.497 e. The lowest BCUT2D eigenvalue weighted by Crippen LogP contribution is -2.34. The zero-order valence-electron chi connectivity index (χ0n) is 16.3. The van der Waals surface area contributed by atoms with Crippen molar-refractivity contribution in [2.45, 2.75) is 26.3 Å². The number of rotatable bonds is 5. The molecule has 6 nitrogen and oxygen atoms in total. The number of amides is 1. The van der Waals surface area contributed by atoms with Crippen molar-refractivity contribution in [3.8, 4) is 28.4 Å². The Morgan fingerprint density at radius 2 is 1.67 bits per heavy atom. The van der Waals surface area contributed by atoms with Gasteiger partial charge in [-0.1, -0.05) is 13.8 Å². The first-order valence-electron chi connectivity index (χ1n) is 8.72. The average Bonchev–Trinajstić information content (AvgIpc) is 2.88. The van der Waals surface area contributed by atoms with Crippen LogP contribution in [0.4, 0.5) is 4.79 Å². The Balaban J connectivity index is 2.14. The molecule has 0 saturated carbocycles. The van der Waals surface area contributed by atoms with Crippen LogP contribution in [-0.2, 0) is 6.42 Å². The second-order valence-electron chi connectivity index (χ2n) is 7.40. The van der Waals surface area contributed by atoms with E-state index in [1.807, 2.05) is 24.3 Å². The van der Waals surface area contributed by atoms with E-state index in [0.29, 0.717) is 17.2 Å². The molecule has 0 heterocycles. The van der Waals surface area contributed by atoms with E-state index in [1.54, 1.807) is 21.3 Å². The van der Waals surface area contributed by atoms with Crippen molar-refractivity contribution in [3.05, 3.63) is 41.5 Å². The minimum Gasteiger partial charge on any atom is -0.497 e. The molecule has 1 aliphatic carbocycles.